The number of rotatable bonds is 8. The first kappa shape index (κ1) is 15.6. The van der Waals surface area contributed by atoms with E-state index in [4.69, 9.17) is 4.74 Å². The van der Waals surface area contributed by atoms with Gasteiger partial charge < -0.3 is 15.4 Å². The van der Waals surface area contributed by atoms with E-state index in [0.717, 1.165) is 48.5 Å². The van der Waals surface area contributed by atoms with E-state index < -0.39 is 0 Å². The number of fused-ring (bicyclic) bond motifs is 1. The number of aryl methyl sites for hydroxylation is 1. The normalized spacial score (nSPS) is 12.6. The van der Waals surface area contributed by atoms with Crippen molar-refractivity contribution in [1.82, 2.24) is 15.5 Å². The van der Waals surface area contributed by atoms with E-state index in [9.17, 15) is 0 Å². The lowest BCUT2D eigenvalue weighted by Crippen LogP contribution is -2.18. The van der Waals surface area contributed by atoms with E-state index in [2.05, 4.69) is 40.7 Å². The van der Waals surface area contributed by atoms with Crippen molar-refractivity contribution in [3.05, 3.63) is 17.7 Å². The van der Waals surface area contributed by atoms with Gasteiger partial charge in [-0.05, 0) is 44.5 Å². The van der Waals surface area contributed by atoms with Crippen LogP contribution >= 0.6 is 0 Å². The van der Waals surface area contributed by atoms with Gasteiger partial charge in [0, 0.05) is 18.5 Å². The molecule has 2 rings (SSSR count). The first-order valence-electron chi connectivity index (χ1n) is 7.63. The topological polar surface area (TPSA) is 62.0 Å². The second-order valence-corrected chi connectivity index (χ2v) is 5.46. The maximum absolute atomic E-state index is 5.99. The molecule has 0 aliphatic rings. The van der Waals surface area contributed by atoms with Gasteiger partial charge in [0.1, 0.15) is 5.75 Å². The average molecular weight is 290 g/mol. The monoisotopic (exact) mass is 290 g/mol. The van der Waals surface area contributed by atoms with Crippen LogP contribution < -0.4 is 15.4 Å². The van der Waals surface area contributed by atoms with Crippen LogP contribution in [-0.4, -0.2) is 37.4 Å². The quantitative estimate of drug-likeness (QED) is 0.699. The van der Waals surface area contributed by atoms with E-state index in [0.29, 0.717) is 5.92 Å². The third-order valence-electron chi connectivity index (χ3n) is 3.94. The molecule has 2 aromatic rings. The van der Waals surface area contributed by atoms with Crippen LogP contribution in [0, 0.1) is 12.8 Å². The van der Waals surface area contributed by atoms with Crippen LogP contribution in [0.3, 0.4) is 0 Å². The lowest BCUT2D eigenvalue weighted by atomic mass is 10.0. The molecule has 3 N–H and O–H groups in total. The Balaban J connectivity index is 2.09. The summed E-state index contributed by atoms with van der Waals surface area (Å²) in [4.78, 5) is 0. The van der Waals surface area contributed by atoms with Crippen LogP contribution in [0.2, 0.25) is 0 Å². The molecule has 0 fully saturated rings. The summed E-state index contributed by atoms with van der Waals surface area (Å²) in [5.41, 5.74) is 2.18. The fraction of sp³-hybridized carbons (Fsp3) is 0.562. The van der Waals surface area contributed by atoms with Gasteiger partial charge in [-0.3, -0.25) is 5.10 Å². The highest BCUT2D eigenvalue weighted by molar-refractivity contribution is 5.93. The van der Waals surface area contributed by atoms with Gasteiger partial charge in [0.15, 0.2) is 5.82 Å². The summed E-state index contributed by atoms with van der Waals surface area (Å²) in [5, 5.41) is 14.8. The zero-order valence-electron chi connectivity index (χ0n) is 13.4. The SMILES string of the molecule is CCC(CCNC)COc1cc(C)c2c(NC)n[nH]c2c1. The average Bonchev–Trinajstić information content (AvgIpc) is 2.91. The van der Waals surface area contributed by atoms with Gasteiger partial charge >= 0.3 is 0 Å². The van der Waals surface area contributed by atoms with Gasteiger partial charge in [-0.15, -0.1) is 0 Å². The zero-order chi connectivity index (χ0) is 15.2. The molecule has 1 atom stereocenters. The number of H-pyrrole nitrogens is 1. The van der Waals surface area contributed by atoms with Crippen molar-refractivity contribution in [2.45, 2.75) is 26.7 Å². The second-order valence-electron chi connectivity index (χ2n) is 5.46. The Morgan fingerprint density at radius 3 is 2.81 bits per heavy atom. The molecule has 5 heteroatoms. The smallest absolute Gasteiger partial charge is 0.155 e. The highest BCUT2D eigenvalue weighted by Crippen LogP contribution is 2.29. The van der Waals surface area contributed by atoms with Crippen LogP contribution in [0.1, 0.15) is 25.3 Å². The lowest BCUT2D eigenvalue weighted by Gasteiger charge is -2.16. The molecule has 21 heavy (non-hydrogen) atoms. The third-order valence-corrected chi connectivity index (χ3v) is 3.94. The molecule has 1 heterocycles. The Morgan fingerprint density at radius 1 is 1.33 bits per heavy atom. The number of benzene rings is 1. The van der Waals surface area contributed by atoms with Crippen molar-refractivity contribution >= 4 is 16.7 Å². The minimum atomic E-state index is 0.586. The zero-order valence-corrected chi connectivity index (χ0v) is 13.4. The molecule has 0 saturated carbocycles. The molecular formula is C16H26N4O. The molecule has 1 aromatic carbocycles. The summed E-state index contributed by atoms with van der Waals surface area (Å²) >= 11 is 0. The highest BCUT2D eigenvalue weighted by Gasteiger charge is 2.11. The van der Waals surface area contributed by atoms with E-state index in [1.165, 1.54) is 5.56 Å². The van der Waals surface area contributed by atoms with E-state index in [1.807, 2.05) is 20.2 Å². The molecular weight excluding hydrogens is 264 g/mol. The number of aromatic amines is 1. The second kappa shape index (κ2) is 7.31. The van der Waals surface area contributed by atoms with Crippen molar-refractivity contribution in [2.24, 2.45) is 5.92 Å². The number of ether oxygens (including phenoxy) is 1. The van der Waals surface area contributed by atoms with Gasteiger partial charge in [-0.2, -0.15) is 5.10 Å². The van der Waals surface area contributed by atoms with Gasteiger partial charge in [-0.1, -0.05) is 13.3 Å². The maximum atomic E-state index is 5.99. The minimum absolute atomic E-state index is 0.586. The molecule has 5 nitrogen and oxygen atoms in total. The number of anilines is 1. The number of nitrogens with one attached hydrogen (secondary N) is 3. The molecule has 0 saturated heterocycles. The molecule has 0 amide bonds. The van der Waals surface area contributed by atoms with Crippen LogP contribution in [0.15, 0.2) is 12.1 Å². The molecule has 1 aromatic heterocycles. The van der Waals surface area contributed by atoms with Crippen molar-refractivity contribution in [1.29, 1.82) is 0 Å². The van der Waals surface area contributed by atoms with Crippen LogP contribution in [0.25, 0.3) is 10.9 Å². The van der Waals surface area contributed by atoms with Crippen LogP contribution in [0.4, 0.5) is 5.82 Å². The molecule has 0 aliphatic carbocycles. The van der Waals surface area contributed by atoms with E-state index in [-0.39, 0.29) is 0 Å². The molecule has 0 spiro atoms. The Morgan fingerprint density at radius 2 is 2.14 bits per heavy atom. The molecule has 116 valence electrons. The Hall–Kier alpha value is -1.75. The largest absolute Gasteiger partial charge is 0.493 e. The number of hydrogen-bond donors (Lipinski definition) is 3. The Kier molecular flexibility index (Phi) is 5.44. The van der Waals surface area contributed by atoms with Crippen molar-refractivity contribution in [3.8, 4) is 5.75 Å². The van der Waals surface area contributed by atoms with Crippen molar-refractivity contribution < 1.29 is 4.74 Å². The number of nitrogens with zero attached hydrogens (tertiary/aromatic N) is 1. The van der Waals surface area contributed by atoms with Crippen molar-refractivity contribution in [2.75, 3.05) is 32.6 Å². The predicted octanol–water partition coefficient (Wildman–Crippen LogP) is 2.93. The Bertz CT molecular complexity index is 579. The molecule has 0 radical (unpaired) electrons. The first-order valence-corrected chi connectivity index (χ1v) is 7.63. The molecule has 0 bridgehead atoms. The van der Waals surface area contributed by atoms with Gasteiger partial charge in [0.25, 0.3) is 0 Å². The fourth-order valence-electron chi connectivity index (χ4n) is 2.56. The summed E-state index contributed by atoms with van der Waals surface area (Å²) in [7, 11) is 3.87. The van der Waals surface area contributed by atoms with E-state index >= 15 is 0 Å². The first-order chi connectivity index (χ1) is 10.2. The van der Waals surface area contributed by atoms with Crippen LogP contribution in [-0.2, 0) is 0 Å². The van der Waals surface area contributed by atoms with Gasteiger partial charge in [0.2, 0.25) is 0 Å². The maximum Gasteiger partial charge on any atom is 0.155 e. The van der Waals surface area contributed by atoms with E-state index in [1.54, 1.807) is 0 Å². The van der Waals surface area contributed by atoms with Gasteiger partial charge in [0.05, 0.1) is 12.1 Å². The van der Waals surface area contributed by atoms with Crippen molar-refractivity contribution in [3.63, 3.8) is 0 Å². The lowest BCUT2D eigenvalue weighted by molar-refractivity contribution is 0.236. The standard InChI is InChI=1S/C16H26N4O/c1-5-12(6-7-17-3)10-21-13-8-11(2)15-14(9-13)19-20-16(15)18-4/h8-9,12,17H,5-7,10H2,1-4H3,(H2,18,19,20). The van der Waals surface area contributed by atoms with Gasteiger partial charge in [-0.25, -0.2) is 0 Å². The predicted molar refractivity (Wildman–Crippen MR) is 88.2 cm³/mol. The number of aromatic nitrogens is 2. The molecule has 0 aliphatic heterocycles. The summed E-state index contributed by atoms with van der Waals surface area (Å²) in [5.74, 6) is 2.38. The number of hydrogen-bond acceptors (Lipinski definition) is 4. The summed E-state index contributed by atoms with van der Waals surface area (Å²) < 4.78 is 5.99. The fourth-order valence-corrected chi connectivity index (χ4v) is 2.56. The minimum Gasteiger partial charge on any atom is -0.493 e. The van der Waals surface area contributed by atoms with Crippen LogP contribution in [0.5, 0.6) is 5.75 Å². The molecule has 1 unspecified atom stereocenters. The Labute approximate surface area is 126 Å². The summed E-state index contributed by atoms with van der Waals surface area (Å²) in [6, 6.07) is 4.12. The summed E-state index contributed by atoms with van der Waals surface area (Å²) in [6.45, 7) is 6.10. The summed E-state index contributed by atoms with van der Waals surface area (Å²) in [6.07, 6.45) is 2.28. The third kappa shape index (κ3) is 3.67. The highest BCUT2D eigenvalue weighted by atomic mass is 16.5.